The predicted molar refractivity (Wildman–Crippen MR) is 139 cm³/mol. The zero-order valence-electron chi connectivity index (χ0n) is 19.6. The molecule has 0 unspecified atom stereocenters. The third-order valence-corrected chi connectivity index (χ3v) is 7.17. The third-order valence-electron chi connectivity index (χ3n) is 5.97. The maximum Gasteiger partial charge on any atom is 0.329 e. The zero-order valence-corrected chi connectivity index (χ0v) is 20.4. The molecule has 0 aliphatic heterocycles. The van der Waals surface area contributed by atoms with E-state index in [0.717, 1.165) is 41.8 Å². The van der Waals surface area contributed by atoms with E-state index in [-0.39, 0.29) is 5.82 Å². The van der Waals surface area contributed by atoms with Crippen molar-refractivity contribution in [3.05, 3.63) is 88.2 Å². The largest absolute Gasteiger partial charge is 0.329 e. The lowest BCUT2D eigenvalue weighted by Gasteiger charge is -2.09. The van der Waals surface area contributed by atoms with Gasteiger partial charge in [-0.2, -0.15) is 15.5 Å². The minimum Gasteiger partial charge on any atom is -0.308 e. The lowest BCUT2D eigenvalue weighted by Crippen LogP contribution is -2.32. The number of carbonyl (C=O) groups is 2. The summed E-state index contributed by atoms with van der Waals surface area (Å²) in [6, 6.07) is 17.4. The molecule has 4 aromatic rings. The van der Waals surface area contributed by atoms with Gasteiger partial charge in [0.25, 0.3) is 0 Å². The molecule has 184 valence electrons. The Labute approximate surface area is 216 Å². The standard InChI is InChI=1S/C27H21FN6O2S/c28-19-12-10-17(11-13-19)24-18(16-34(33-24)20-6-2-1-3-7-20)15-30-32-26(36)25(35)31-27-22(14-29)21-8-4-5-9-23(21)37-27/h1-3,6-7,10-13,15-16H,4-5,8-9H2,(H,31,35)(H,32,36)/b30-15+. The number of rotatable bonds is 5. The highest BCUT2D eigenvalue weighted by molar-refractivity contribution is 7.16. The summed E-state index contributed by atoms with van der Waals surface area (Å²) in [5.41, 5.74) is 6.17. The van der Waals surface area contributed by atoms with Crippen molar-refractivity contribution in [3.8, 4) is 23.0 Å². The molecule has 2 amide bonds. The average molecular weight is 513 g/mol. The van der Waals surface area contributed by atoms with Crippen LogP contribution in [0.2, 0.25) is 0 Å². The fourth-order valence-electron chi connectivity index (χ4n) is 4.17. The Balaban J connectivity index is 1.33. The molecular weight excluding hydrogens is 491 g/mol. The summed E-state index contributed by atoms with van der Waals surface area (Å²) < 4.78 is 15.1. The van der Waals surface area contributed by atoms with Crippen molar-refractivity contribution in [1.29, 1.82) is 5.26 Å². The van der Waals surface area contributed by atoms with Crippen LogP contribution in [0.25, 0.3) is 16.9 Å². The van der Waals surface area contributed by atoms with Crippen LogP contribution in [0, 0.1) is 17.1 Å². The minimum absolute atomic E-state index is 0.370. The van der Waals surface area contributed by atoms with Crippen LogP contribution in [0.15, 0.2) is 65.9 Å². The summed E-state index contributed by atoms with van der Waals surface area (Å²) in [4.78, 5) is 26.0. The van der Waals surface area contributed by atoms with E-state index in [1.165, 1.54) is 29.7 Å². The molecular formula is C27H21FN6O2S. The molecule has 0 atom stereocenters. The van der Waals surface area contributed by atoms with Gasteiger partial charge in [-0.3, -0.25) is 9.59 Å². The second-order valence-corrected chi connectivity index (χ2v) is 9.51. The number of thiophene rings is 1. The van der Waals surface area contributed by atoms with Gasteiger partial charge in [0.1, 0.15) is 22.6 Å². The van der Waals surface area contributed by atoms with Crippen molar-refractivity contribution in [3.63, 3.8) is 0 Å². The number of hydrogen-bond acceptors (Lipinski definition) is 6. The fourth-order valence-corrected chi connectivity index (χ4v) is 5.40. The smallest absolute Gasteiger partial charge is 0.308 e. The topological polar surface area (TPSA) is 112 Å². The second kappa shape index (κ2) is 10.6. The van der Waals surface area contributed by atoms with Crippen LogP contribution < -0.4 is 10.7 Å². The quantitative estimate of drug-likeness (QED) is 0.232. The van der Waals surface area contributed by atoms with E-state index < -0.39 is 11.8 Å². The zero-order chi connectivity index (χ0) is 25.8. The lowest BCUT2D eigenvalue weighted by atomic mass is 9.96. The maximum atomic E-state index is 13.5. The van der Waals surface area contributed by atoms with Gasteiger partial charge < -0.3 is 5.32 Å². The van der Waals surface area contributed by atoms with Crippen molar-refractivity contribution in [2.75, 3.05) is 5.32 Å². The monoisotopic (exact) mass is 512 g/mol. The van der Waals surface area contributed by atoms with E-state index in [4.69, 9.17) is 0 Å². The number of hydrogen-bond donors (Lipinski definition) is 2. The highest BCUT2D eigenvalue weighted by atomic mass is 32.1. The second-order valence-electron chi connectivity index (χ2n) is 8.40. The highest BCUT2D eigenvalue weighted by Crippen LogP contribution is 2.37. The molecule has 1 aliphatic carbocycles. The minimum atomic E-state index is -0.967. The first-order valence-corrected chi connectivity index (χ1v) is 12.4. The number of benzene rings is 2. The molecule has 2 aromatic carbocycles. The van der Waals surface area contributed by atoms with Crippen molar-refractivity contribution in [2.24, 2.45) is 5.10 Å². The molecule has 37 heavy (non-hydrogen) atoms. The van der Waals surface area contributed by atoms with Gasteiger partial charge in [-0.05, 0) is 67.6 Å². The van der Waals surface area contributed by atoms with Gasteiger partial charge in [-0.25, -0.2) is 14.5 Å². The Morgan fingerprint density at radius 2 is 1.84 bits per heavy atom. The average Bonchev–Trinajstić information content (AvgIpc) is 3.50. The van der Waals surface area contributed by atoms with E-state index in [1.54, 1.807) is 23.0 Å². The fraction of sp³-hybridized carbons (Fsp3) is 0.148. The number of nitriles is 1. The van der Waals surface area contributed by atoms with E-state index in [2.05, 4.69) is 27.0 Å². The lowest BCUT2D eigenvalue weighted by molar-refractivity contribution is -0.136. The molecule has 0 bridgehead atoms. The molecule has 0 fully saturated rings. The number of nitrogens with zero attached hydrogens (tertiary/aromatic N) is 4. The number of nitrogens with one attached hydrogen (secondary N) is 2. The van der Waals surface area contributed by atoms with Gasteiger partial charge in [-0.15, -0.1) is 11.3 Å². The van der Waals surface area contributed by atoms with Gasteiger partial charge in [0.2, 0.25) is 0 Å². The summed E-state index contributed by atoms with van der Waals surface area (Å²) in [7, 11) is 0. The Morgan fingerprint density at radius 3 is 2.59 bits per heavy atom. The van der Waals surface area contributed by atoms with Gasteiger partial charge in [0, 0.05) is 22.2 Å². The molecule has 8 nitrogen and oxygen atoms in total. The first-order chi connectivity index (χ1) is 18.0. The highest BCUT2D eigenvalue weighted by Gasteiger charge is 2.23. The van der Waals surface area contributed by atoms with Crippen LogP contribution in [0.4, 0.5) is 9.39 Å². The Kier molecular flexibility index (Phi) is 6.87. The summed E-state index contributed by atoms with van der Waals surface area (Å²) in [6.45, 7) is 0. The normalized spacial score (nSPS) is 12.6. The molecule has 2 N–H and O–H groups in total. The SMILES string of the molecule is N#Cc1c(NC(=O)C(=O)N/N=C/c2cn(-c3ccccc3)nc2-c2ccc(F)cc2)sc2c1CCCC2. The van der Waals surface area contributed by atoms with Crippen LogP contribution in [-0.4, -0.2) is 27.8 Å². The summed E-state index contributed by atoms with van der Waals surface area (Å²) >= 11 is 1.34. The number of carbonyl (C=O) groups excluding carboxylic acids is 2. The molecule has 5 rings (SSSR count). The number of amides is 2. The number of hydrazone groups is 1. The first kappa shape index (κ1) is 24.1. The van der Waals surface area contributed by atoms with Gasteiger partial charge in [0.05, 0.1) is 17.5 Å². The molecule has 0 radical (unpaired) electrons. The van der Waals surface area contributed by atoms with Crippen molar-refractivity contribution in [2.45, 2.75) is 25.7 Å². The number of fused-ring (bicyclic) bond motifs is 1. The number of aromatic nitrogens is 2. The van der Waals surface area contributed by atoms with Crippen LogP contribution in [0.1, 0.15) is 34.4 Å². The summed E-state index contributed by atoms with van der Waals surface area (Å²) in [5.74, 6) is -2.25. The van der Waals surface area contributed by atoms with Crippen LogP contribution in [0.5, 0.6) is 0 Å². The van der Waals surface area contributed by atoms with Crippen LogP contribution >= 0.6 is 11.3 Å². The van der Waals surface area contributed by atoms with Crippen molar-refractivity contribution < 1.29 is 14.0 Å². The number of anilines is 1. The number of aryl methyl sites for hydroxylation is 1. The number of para-hydroxylation sites is 1. The van der Waals surface area contributed by atoms with Crippen LogP contribution in [-0.2, 0) is 22.4 Å². The van der Waals surface area contributed by atoms with Gasteiger partial charge in [-0.1, -0.05) is 18.2 Å². The van der Waals surface area contributed by atoms with Gasteiger partial charge >= 0.3 is 11.8 Å². The molecule has 1 aliphatic rings. The predicted octanol–water partition coefficient (Wildman–Crippen LogP) is 4.58. The van der Waals surface area contributed by atoms with Crippen molar-refractivity contribution in [1.82, 2.24) is 15.2 Å². The molecule has 0 saturated heterocycles. The Bertz CT molecular complexity index is 1530. The Hall–Kier alpha value is -4.62. The van der Waals surface area contributed by atoms with E-state index in [9.17, 15) is 19.2 Å². The van der Waals surface area contributed by atoms with Crippen LogP contribution in [0.3, 0.4) is 0 Å². The molecule has 0 saturated carbocycles. The molecule has 0 spiro atoms. The van der Waals surface area contributed by atoms with Crippen molar-refractivity contribution >= 4 is 34.4 Å². The maximum absolute atomic E-state index is 13.5. The third kappa shape index (κ3) is 5.17. The van der Waals surface area contributed by atoms with E-state index in [0.29, 0.717) is 27.4 Å². The summed E-state index contributed by atoms with van der Waals surface area (Å²) in [6.07, 6.45) is 6.81. The molecule has 2 aromatic heterocycles. The molecule has 2 heterocycles. The molecule has 10 heteroatoms. The first-order valence-electron chi connectivity index (χ1n) is 11.6. The van der Waals surface area contributed by atoms with Gasteiger partial charge in [0.15, 0.2) is 0 Å². The number of halogens is 1. The van der Waals surface area contributed by atoms with E-state index in [1.807, 2.05) is 30.3 Å². The Morgan fingerprint density at radius 1 is 1.08 bits per heavy atom. The summed E-state index contributed by atoms with van der Waals surface area (Å²) in [5, 5.41) is 21.0. The van der Waals surface area contributed by atoms with E-state index >= 15 is 0 Å².